The maximum Gasteiger partial charge on any atom is 0.0569 e. The zero-order valence-electron chi connectivity index (χ0n) is 7.05. The molecule has 1 atom stereocenters. The fraction of sp³-hybridized carbons (Fsp3) is 1.00. The summed E-state index contributed by atoms with van der Waals surface area (Å²) >= 11 is 0. The summed E-state index contributed by atoms with van der Waals surface area (Å²) in [6.45, 7) is 7.31. The fourth-order valence-corrected chi connectivity index (χ4v) is 1.85. The second kappa shape index (κ2) is 2.44. The van der Waals surface area contributed by atoms with E-state index in [1.807, 2.05) is 0 Å². The van der Waals surface area contributed by atoms with Gasteiger partial charge in [-0.2, -0.15) is 0 Å². The van der Waals surface area contributed by atoms with Crippen molar-refractivity contribution < 1.29 is 4.74 Å². The van der Waals surface area contributed by atoms with E-state index in [0.717, 1.165) is 19.8 Å². The van der Waals surface area contributed by atoms with Gasteiger partial charge in [0.1, 0.15) is 0 Å². The summed E-state index contributed by atoms with van der Waals surface area (Å²) in [5, 5.41) is 0. The van der Waals surface area contributed by atoms with Crippen molar-refractivity contribution in [2.45, 2.75) is 13.0 Å². The van der Waals surface area contributed by atoms with Crippen molar-refractivity contribution in [3.8, 4) is 0 Å². The molecule has 0 aromatic carbocycles. The fourth-order valence-electron chi connectivity index (χ4n) is 1.85. The molecule has 0 aromatic heterocycles. The average Bonchev–Trinajstić information content (AvgIpc) is 1.81. The van der Waals surface area contributed by atoms with Crippen LogP contribution in [0.5, 0.6) is 0 Å². The molecule has 1 spiro atoms. The highest BCUT2D eigenvalue weighted by Gasteiger charge is 2.49. The van der Waals surface area contributed by atoms with E-state index < -0.39 is 0 Å². The van der Waals surface area contributed by atoms with Gasteiger partial charge in [0.05, 0.1) is 13.2 Å². The molecule has 64 valence electrons. The van der Waals surface area contributed by atoms with Crippen molar-refractivity contribution in [2.75, 3.05) is 32.8 Å². The summed E-state index contributed by atoms with van der Waals surface area (Å²) in [6.07, 6.45) is 0. The van der Waals surface area contributed by atoms with Crippen LogP contribution in [0.3, 0.4) is 0 Å². The number of ether oxygens (including phenoxy) is 1. The normalized spacial score (nSPS) is 31.1. The molecule has 0 bridgehead atoms. The summed E-state index contributed by atoms with van der Waals surface area (Å²) in [5.74, 6) is 0. The van der Waals surface area contributed by atoms with E-state index in [9.17, 15) is 0 Å². The van der Waals surface area contributed by atoms with Gasteiger partial charge in [-0.25, -0.2) is 0 Å². The molecule has 3 heteroatoms. The number of nitrogens with two attached hydrogens (primary N) is 1. The van der Waals surface area contributed by atoms with Crippen LogP contribution in [0.2, 0.25) is 0 Å². The van der Waals surface area contributed by atoms with Crippen LogP contribution in [0.1, 0.15) is 6.92 Å². The second-order valence-corrected chi connectivity index (χ2v) is 3.98. The quantitative estimate of drug-likeness (QED) is 0.595. The molecule has 0 radical (unpaired) electrons. The summed E-state index contributed by atoms with van der Waals surface area (Å²) in [4.78, 5) is 2.43. The minimum Gasteiger partial charge on any atom is -0.380 e. The van der Waals surface area contributed by atoms with Crippen LogP contribution in [0.4, 0.5) is 0 Å². The van der Waals surface area contributed by atoms with Crippen LogP contribution in [-0.4, -0.2) is 43.8 Å². The zero-order chi connectivity index (χ0) is 7.90. The molecule has 2 aliphatic heterocycles. The van der Waals surface area contributed by atoms with Gasteiger partial charge < -0.3 is 10.5 Å². The van der Waals surface area contributed by atoms with E-state index in [4.69, 9.17) is 10.5 Å². The molecule has 2 saturated heterocycles. The van der Waals surface area contributed by atoms with Gasteiger partial charge in [-0.3, -0.25) is 4.90 Å². The number of nitrogens with zero attached hydrogens (tertiary/aromatic N) is 1. The SMILES string of the molecule is CC(CN)N1CC2(COC2)C1. The van der Waals surface area contributed by atoms with Crippen LogP contribution >= 0.6 is 0 Å². The van der Waals surface area contributed by atoms with Gasteiger partial charge in [-0.1, -0.05) is 0 Å². The van der Waals surface area contributed by atoms with Crippen LogP contribution < -0.4 is 5.73 Å². The van der Waals surface area contributed by atoms with Gasteiger partial charge in [0, 0.05) is 31.1 Å². The Hall–Kier alpha value is -0.120. The maximum absolute atomic E-state index is 5.56. The predicted octanol–water partition coefficient (Wildman–Crippen LogP) is -0.334. The molecule has 2 N–H and O–H groups in total. The smallest absolute Gasteiger partial charge is 0.0569 e. The Balaban J connectivity index is 1.78. The molecule has 2 heterocycles. The third-order valence-corrected chi connectivity index (χ3v) is 2.86. The van der Waals surface area contributed by atoms with Crippen molar-refractivity contribution in [2.24, 2.45) is 11.1 Å². The number of rotatable bonds is 2. The highest BCUT2D eigenvalue weighted by molar-refractivity contribution is 5.00. The minimum absolute atomic E-state index is 0.545. The van der Waals surface area contributed by atoms with Crippen LogP contribution in [0, 0.1) is 5.41 Å². The molecule has 0 aromatic rings. The minimum atomic E-state index is 0.545. The molecule has 1 unspecified atom stereocenters. The lowest BCUT2D eigenvalue weighted by Gasteiger charge is -2.56. The standard InChI is InChI=1S/C8H16N2O/c1-7(2-9)10-3-8(4-10)5-11-6-8/h7H,2-6,9H2,1H3. The van der Waals surface area contributed by atoms with E-state index in [-0.39, 0.29) is 0 Å². The largest absolute Gasteiger partial charge is 0.380 e. The van der Waals surface area contributed by atoms with E-state index >= 15 is 0 Å². The van der Waals surface area contributed by atoms with Crippen molar-refractivity contribution in [3.63, 3.8) is 0 Å². The number of hydrogen-bond acceptors (Lipinski definition) is 3. The number of likely N-dealkylation sites (tertiary alicyclic amines) is 1. The lowest BCUT2D eigenvalue weighted by Crippen LogP contribution is -2.68. The lowest BCUT2D eigenvalue weighted by molar-refractivity contribution is -0.196. The van der Waals surface area contributed by atoms with Gasteiger partial charge in [-0.05, 0) is 6.92 Å². The first-order valence-corrected chi connectivity index (χ1v) is 4.28. The molecular weight excluding hydrogens is 140 g/mol. The molecule has 0 amide bonds. The van der Waals surface area contributed by atoms with Gasteiger partial charge in [-0.15, -0.1) is 0 Å². The summed E-state index contributed by atoms with van der Waals surface area (Å²) in [6, 6.07) is 0.557. The summed E-state index contributed by atoms with van der Waals surface area (Å²) < 4.78 is 5.18. The summed E-state index contributed by atoms with van der Waals surface area (Å²) in [7, 11) is 0. The highest BCUT2D eigenvalue weighted by Crippen LogP contribution is 2.38. The highest BCUT2D eigenvalue weighted by atomic mass is 16.5. The maximum atomic E-state index is 5.56. The second-order valence-electron chi connectivity index (χ2n) is 3.98. The Kier molecular flexibility index (Phi) is 1.67. The van der Waals surface area contributed by atoms with Crippen LogP contribution in [0.15, 0.2) is 0 Å². The topological polar surface area (TPSA) is 38.5 Å². The predicted molar refractivity (Wildman–Crippen MR) is 43.3 cm³/mol. The lowest BCUT2D eigenvalue weighted by atomic mass is 9.77. The molecule has 2 rings (SSSR count). The first-order chi connectivity index (χ1) is 5.26. The van der Waals surface area contributed by atoms with E-state index in [1.54, 1.807) is 0 Å². The Bertz CT molecular complexity index is 148. The Morgan fingerprint density at radius 3 is 2.55 bits per heavy atom. The molecular formula is C8H16N2O. The average molecular weight is 156 g/mol. The van der Waals surface area contributed by atoms with E-state index in [1.165, 1.54) is 13.1 Å². The Morgan fingerprint density at radius 2 is 2.18 bits per heavy atom. The van der Waals surface area contributed by atoms with E-state index in [2.05, 4.69) is 11.8 Å². The zero-order valence-corrected chi connectivity index (χ0v) is 7.05. The van der Waals surface area contributed by atoms with Crippen molar-refractivity contribution in [3.05, 3.63) is 0 Å². The van der Waals surface area contributed by atoms with Gasteiger partial charge in [0.2, 0.25) is 0 Å². The molecule has 0 aliphatic carbocycles. The van der Waals surface area contributed by atoms with Crippen LogP contribution in [-0.2, 0) is 4.74 Å². The Morgan fingerprint density at radius 1 is 1.55 bits per heavy atom. The number of hydrogen-bond donors (Lipinski definition) is 1. The molecule has 0 saturated carbocycles. The monoisotopic (exact) mass is 156 g/mol. The van der Waals surface area contributed by atoms with Gasteiger partial charge >= 0.3 is 0 Å². The van der Waals surface area contributed by atoms with Crippen LogP contribution in [0.25, 0.3) is 0 Å². The molecule has 3 nitrogen and oxygen atoms in total. The first kappa shape index (κ1) is 7.53. The third kappa shape index (κ3) is 1.08. The molecule has 2 aliphatic rings. The molecule has 2 fully saturated rings. The van der Waals surface area contributed by atoms with Gasteiger partial charge in [0.15, 0.2) is 0 Å². The van der Waals surface area contributed by atoms with E-state index in [0.29, 0.717) is 11.5 Å². The molecule has 11 heavy (non-hydrogen) atoms. The summed E-state index contributed by atoms with van der Waals surface area (Å²) in [5.41, 5.74) is 6.10. The third-order valence-electron chi connectivity index (χ3n) is 2.86. The Labute approximate surface area is 67.5 Å². The van der Waals surface area contributed by atoms with Crippen molar-refractivity contribution in [1.82, 2.24) is 4.90 Å². The van der Waals surface area contributed by atoms with Crippen molar-refractivity contribution >= 4 is 0 Å². The van der Waals surface area contributed by atoms with Gasteiger partial charge in [0.25, 0.3) is 0 Å². The first-order valence-electron chi connectivity index (χ1n) is 4.28. The van der Waals surface area contributed by atoms with Crippen molar-refractivity contribution in [1.29, 1.82) is 0 Å².